The number of carbonyl (C=O) groups is 1. The molecule has 126 valence electrons. The lowest BCUT2D eigenvalue weighted by Crippen LogP contribution is -2.02. The normalized spacial score (nSPS) is 12.5. The number of benzene rings is 2. The SMILES string of the molecule is O=C(CSc1nc2ccc([N+](=O)[O-])cc2s1)c1ccc2c(c1)OCO2. The van der Waals surface area contributed by atoms with Crippen LogP contribution in [-0.4, -0.2) is 28.2 Å². The van der Waals surface area contributed by atoms with Gasteiger partial charge in [-0.2, -0.15) is 0 Å². The number of ether oxygens (including phenoxy) is 2. The number of nitro groups is 1. The molecule has 3 aromatic rings. The van der Waals surface area contributed by atoms with Crippen molar-refractivity contribution in [1.29, 1.82) is 0 Å². The highest BCUT2D eigenvalue weighted by Crippen LogP contribution is 2.34. The van der Waals surface area contributed by atoms with Crippen molar-refractivity contribution in [1.82, 2.24) is 4.98 Å². The minimum Gasteiger partial charge on any atom is -0.454 e. The van der Waals surface area contributed by atoms with Gasteiger partial charge < -0.3 is 9.47 Å². The molecular weight excluding hydrogens is 364 g/mol. The van der Waals surface area contributed by atoms with Crippen molar-refractivity contribution in [3.63, 3.8) is 0 Å². The summed E-state index contributed by atoms with van der Waals surface area (Å²) >= 11 is 2.65. The molecule has 0 radical (unpaired) electrons. The van der Waals surface area contributed by atoms with E-state index >= 15 is 0 Å². The fourth-order valence-electron chi connectivity index (χ4n) is 2.35. The molecule has 0 saturated heterocycles. The molecule has 0 saturated carbocycles. The van der Waals surface area contributed by atoms with Gasteiger partial charge in [-0.05, 0) is 24.3 Å². The first-order valence-corrected chi connectivity index (χ1v) is 9.01. The number of nitro benzene ring substituents is 1. The summed E-state index contributed by atoms with van der Waals surface area (Å²) in [7, 11) is 0. The van der Waals surface area contributed by atoms with E-state index < -0.39 is 4.92 Å². The van der Waals surface area contributed by atoms with Gasteiger partial charge in [0.1, 0.15) is 0 Å². The summed E-state index contributed by atoms with van der Waals surface area (Å²) in [6, 6.07) is 9.64. The molecule has 25 heavy (non-hydrogen) atoms. The third kappa shape index (κ3) is 3.15. The van der Waals surface area contributed by atoms with Crippen molar-refractivity contribution in [3.8, 4) is 11.5 Å². The lowest BCUT2D eigenvalue weighted by Gasteiger charge is -2.01. The molecule has 9 heteroatoms. The van der Waals surface area contributed by atoms with E-state index in [2.05, 4.69) is 4.98 Å². The molecule has 0 fully saturated rings. The van der Waals surface area contributed by atoms with Gasteiger partial charge in [0, 0.05) is 17.7 Å². The van der Waals surface area contributed by atoms with Crippen LogP contribution in [-0.2, 0) is 0 Å². The highest BCUT2D eigenvalue weighted by atomic mass is 32.2. The number of nitrogens with zero attached hydrogens (tertiary/aromatic N) is 2. The Morgan fingerprint density at radius 2 is 2.08 bits per heavy atom. The Balaban J connectivity index is 1.48. The Hall–Kier alpha value is -2.65. The van der Waals surface area contributed by atoms with E-state index in [-0.39, 0.29) is 24.0 Å². The maximum atomic E-state index is 12.3. The van der Waals surface area contributed by atoms with E-state index in [4.69, 9.17) is 9.47 Å². The second kappa shape index (κ2) is 6.34. The number of Topliss-reactive ketones (excluding diaryl/α,β-unsaturated/α-hetero) is 1. The van der Waals surface area contributed by atoms with Crippen LogP contribution in [0, 0.1) is 10.1 Å². The van der Waals surface area contributed by atoms with Gasteiger partial charge in [-0.25, -0.2) is 4.98 Å². The van der Waals surface area contributed by atoms with Gasteiger partial charge in [0.05, 0.1) is 20.9 Å². The third-order valence-corrected chi connectivity index (χ3v) is 5.75. The number of thioether (sulfide) groups is 1. The number of ketones is 1. The molecule has 2 heterocycles. The Morgan fingerprint density at radius 3 is 2.92 bits per heavy atom. The Labute approximate surface area is 149 Å². The topological polar surface area (TPSA) is 91.6 Å². The number of hydrogen-bond acceptors (Lipinski definition) is 8. The van der Waals surface area contributed by atoms with E-state index in [1.54, 1.807) is 24.3 Å². The van der Waals surface area contributed by atoms with E-state index in [1.807, 2.05) is 0 Å². The van der Waals surface area contributed by atoms with Crippen molar-refractivity contribution >= 4 is 44.8 Å². The average molecular weight is 374 g/mol. The highest BCUT2D eigenvalue weighted by Gasteiger charge is 2.17. The molecule has 0 atom stereocenters. The van der Waals surface area contributed by atoms with E-state index in [9.17, 15) is 14.9 Å². The van der Waals surface area contributed by atoms with E-state index in [0.717, 1.165) is 4.70 Å². The monoisotopic (exact) mass is 374 g/mol. The quantitative estimate of drug-likeness (QED) is 0.289. The first-order valence-electron chi connectivity index (χ1n) is 7.21. The van der Waals surface area contributed by atoms with Gasteiger partial charge in [0.25, 0.3) is 5.69 Å². The average Bonchev–Trinajstić information content (AvgIpc) is 3.24. The summed E-state index contributed by atoms with van der Waals surface area (Å²) < 4.78 is 11.9. The van der Waals surface area contributed by atoms with Crippen molar-refractivity contribution in [2.45, 2.75) is 4.34 Å². The molecule has 0 amide bonds. The largest absolute Gasteiger partial charge is 0.454 e. The number of fused-ring (bicyclic) bond motifs is 2. The third-order valence-electron chi connectivity index (χ3n) is 3.58. The van der Waals surface area contributed by atoms with Gasteiger partial charge in [0.2, 0.25) is 6.79 Å². The number of aromatic nitrogens is 1. The van der Waals surface area contributed by atoms with Crippen LogP contribution in [0.1, 0.15) is 10.4 Å². The van der Waals surface area contributed by atoms with Gasteiger partial charge >= 0.3 is 0 Å². The van der Waals surface area contributed by atoms with Crippen LogP contribution in [0.3, 0.4) is 0 Å². The Bertz CT molecular complexity index is 1000. The summed E-state index contributed by atoms with van der Waals surface area (Å²) in [6.07, 6.45) is 0. The predicted octanol–water partition coefficient (Wildman–Crippen LogP) is 3.91. The molecule has 1 aliphatic heterocycles. The van der Waals surface area contributed by atoms with Crippen LogP contribution >= 0.6 is 23.1 Å². The summed E-state index contributed by atoms with van der Waals surface area (Å²) in [5.41, 5.74) is 1.27. The molecule has 7 nitrogen and oxygen atoms in total. The Kier molecular flexibility index (Phi) is 4.02. The zero-order valence-corrected chi connectivity index (χ0v) is 14.3. The number of rotatable bonds is 5. The molecule has 1 aromatic heterocycles. The maximum absolute atomic E-state index is 12.3. The van der Waals surface area contributed by atoms with E-state index in [0.29, 0.717) is 26.9 Å². The van der Waals surface area contributed by atoms with Crippen molar-refractivity contribution < 1.29 is 19.2 Å². The fourth-order valence-corrected chi connectivity index (χ4v) is 4.34. The summed E-state index contributed by atoms with van der Waals surface area (Å²) in [5.74, 6) is 1.38. The van der Waals surface area contributed by atoms with Gasteiger partial charge in [-0.15, -0.1) is 11.3 Å². The molecule has 0 unspecified atom stereocenters. The number of non-ortho nitro benzene ring substituents is 1. The minimum atomic E-state index is -0.435. The molecular formula is C16H10N2O5S2. The molecule has 0 N–H and O–H groups in total. The standard InChI is InChI=1S/C16H10N2O5S2/c19-12(9-1-4-13-14(5-9)23-8-22-13)7-24-16-17-11-3-2-10(18(20)21)6-15(11)25-16/h1-6H,7-8H2. The van der Waals surface area contributed by atoms with Gasteiger partial charge in [-0.1, -0.05) is 11.8 Å². The number of thiazole rings is 1. The van der Waals surface area contributed by atoms with Crippen molar-refractivity contribution in [3.05, 3.63) is 52.1 Å². The second-order valence-electron chi connectivity index (χ2n) is 5.17. The van der Waals surface area contributed by atoms with Gasteiger partial charge in [-0.3, -0.25) is 14.9 Å². The van der Waals surface area contributed by atoms with Crippen molar-refractivity contribution in [2.75, 3.05) is 12.5 Å². The van der Waals surface area contributed by atoms with E-state index in [1.165, 1.54) is 35.2 Å². The Morgan fingerprint density at radius 1 is 1.24 bits per heavy atom. The lowest BCUT2D eigenvalue weighted by atomic mass is 10.1. The highest BCUT2D eigenvalue weighted by molar-refractivity contribution is 8.01. The van der Waals surface area contributed by atoms with Crippen LogP contribution < -0.4 is 9.47 Å². The zero-order valence-electron chi connectivity index (χ0n) is 12.6. The molecule has 2 aromatic carbocycles. The molecule has 4 rings (SSSR count). The van der Waals surface area contributed by atoms with Crippen LogP contribution in [0.2, 0.25) is 0 Å². The minimum absolute atomic E-state index is 0.0316. The van der Waals surface area contributed by atoms with Crippen LogP contribution in [0.4, 0.5) is 5.69 Å². The number of hydrogen-bond donors (Lipinski definition) is 0. The second-order valence-corrected chi connectivity index (χ2v) is 7.42. The van der Waals surface area contributed by atoms with Gasteiger partial charge in [0.15, 0.2) is 21.6 Å². The fraction of sp³-hybridized carbons (Fsp3) is 0.125. The molecule has 0 bridgehead atoms. The number of carbonyl (C=O) groups excluding carboxylic acids is 1. The summed E-state index contributed by atoms with van der Waals surface area (Å²) in [6.45, 7) is 0.166. The smallest absolute Gasteiger partial charge is 0.270 e. The maximum Gasteiger partial charge on any atom is 0.270 e. The molecule has 1 aliphatic rings. The lowest BCUT2D eigenvalue weighted by molar-refractivity contribution is -0.384. The van der Waals surface area contributed by atoms with Crippen molar-refractivity contribution in [2.24, 2.45) is 0 Å². The molecule has 0 spiro atoms. The van der Waals surface area contributed by atoms with Crippen LogP contribution in [0.15, 0.2) is 40.7 Å². The first kappa shape index (κ1) is 15.9. The summed E-state index contributed by atoms with van der Waals surface area (Å²) in [4.78, 5) is 27.1. The van der Waals surface area contributed by atoms with Crippen LogP contribution in [0.25, 0.3) is 10.2 Å². The molecule has 0 aliphatic carbocycles. The summed E-state index contributed by atoms with van der Waals surface area (Å²) in [5, 5.41) is 10.8. The predicted molar refractivity (Wildman–Crippen MR) is 93.9 cm³/mol. The first-order chi connectivity index (χ1) is 12.1. The van der Waals surface area contributed by atoms with Crippen LogP contribution in [0.5, 0.6) is 11.5 Å². The zero-order chi connectivity index (χ0) is 17.4.